The molecule has 5 nitrogen and oxygen atoms in total. The molecule has 9 heteroatoms. The molecule has 0 saturated heterocycles. The standard InChI is InChI=1S/C12H12F4N4O/c13-8-4-9(14)11(16)12(10(8)15)17-5-7-6-20(19-18-7)2-1-3-21/h4,6,17,21H,1-3,5H2. The van der Waals surface area contributed by atoms with Crippen molar-refractivity contribution >= 4 is 5.69 Å². The summed E-state index contributed by atoms with van der Waals surface area (Å²) in [4.78, 5) is 0. The highest BCUT2D eigenvalue weighted by Gasteiger charge is 2.19. The van der Waals surface area contributed by atoms with Crippen molar-refractivity contribution in [3.05, 3.63) is 41.2 Å². The van der Waals surface area contributed by atoms with Gasteiger partial charge in [-0.15, -0.1) is 5.10 Å². The van der Waals surface area contributed by atoms with Crippen LogP contribution in [0.25, 0.3) is 0 Å². The summed E-state index contributed by atoms with van der Waals surface area (Å²) in [5.41, 5.74) is -0.561. The number of aliphatic hydroxyl groups is 1. The molecular weight excluding hydrogens is 292 g/mol. The van der Waals surface area contributed by atoms with Crippen LogP contribution in [0.2, 0.25) is 0 Å². The first-order chi connectivity index (χ1) is 10.0. The topological polar surface area (TPSA) is 63.0 Å². The van der Waals surface area contributed by atoms with Gasteiger partial charge < -0.3 is 10.4 Å². The number of benzene rings is 1. The molecule has 2 N–H and O–H groups in total. The lowest BCUT2D eigenvalue weighted by molar-refractivity contribution is 0.276. The van der Waals surface area contributed by atoms with Gasteiger partial charge in [0.05, 0.1) is 12.7 Å². The second-order valence-corrected chi connectivity index (χ2v) is 4.25. The molecule has 0 spiro atoms. The van der Waals surface area contributed by atoms with Crippen molar-refractivity contribution in [3.63, 3.8) is 0 Å². The second-order valence-electron chi connectivity index (χ2n) is 4.25. The summed E-state index contributed by atoms with van der Waals surface area (Å²) in [5, 5.41) is 18.4. The SMILES string of the molecule is OCCCn1cc(CNc2c(F)c(F)cc(F)c2F)nn1. The van der Waals surface area contributed by atoms with Gasteiger partial charge in [-0.1, -0.05) is 5.21 Å². The van der Waals surface area contributed by atoms with Gasteiger partial charge in [-0.2, -0.15) is 0 Å². The minimum absolute atomic E-state index is 0.00751. The molecule has 0 fully saturated rings. The Morgan fingerprint density at radius 3 is 2.43 bits per heavy atom. The Labute approximate surface area is 117 Å². The molecular formula is C12H12F4N4O. The third-order valence-corrected chi connectivity index (χ3v) is 2.69. The fourth-order valence-corrected chi connectivity index (χ4v) is 1.67. The zero-order chi connectivity index (χ0) is 15.4. The fraction of sp³-hybridized carbons (Fsp3) is 0.333. The Balaban J connectivity index is 2.08. The molecule has 0 amide bonds. The van der Waals surface area contributed by atoms with Crippen LogP contribution in [0.4, 0.5) is 23.2 Å². The van der Waals surface area contributed by atoms with Gasteiger partial charge in [0.2, 0.25) is 0 Å². The van der Waals surface area contributed by atoms with Gasteiger partial charge in [0.1, 0.15) is 11.4 Å². The lowest BCUT2D eigenvalue weighted by Crippen LogP contribution is -2.07. The molecule has 0 atom stereocenters. The first-order valence-corrected chi connectivity index (χ1v) is 6.09. The number of hydrogen-bond acceptors (Lipinski definition) is 4. The van der Waals surface area contributed by atoms with Crippen molar-refractivity contribution in [2.75, 3.05) is 11.9 Å². The minimum Gasteiger partial charge on any atom is -0.396 e. The number of anilines is 1. The lowest BCUT2D eigenvalue weighted by atomic mass is 10.2. The van der Waals surface area contributed by atoms with E-state index in [1.807, 2.05) is 0 Å². The summed E-state index contributed by atoms with van der Waals surface area (Å²) < 4.78 is 54.3. The molecule has 1 heterocycles. The summed E-state index contributed by atoms with van der Waals surface area (Å²) in [6.07, 6.45) is 1.97. The van der Waals surface area contributed by atoms with Crippen molar-refractivity contribution in [3.8, 4) is 0 Å². The normalized spacial score (nSPS) is 10.9. The van der Waals surface area contributed by atoms with Crippen LogP contribution in [-0.2, 0) is 13.1 Å². The number of aromatic nitrogens is 3. The molecule has 1 aromatic heterocycles. The summed E-state index contributed by atoms with van der Waals surface area (Å²) in [7, 11) is 0. The Bertz CT molecular complexity index is 606. The molecule has 2 rings (SSSR count). The van der Waals surface area contributed by atoms with E-state index in [0.29, 0.717) is 18.7 Å². The monoisotopic (exact) mass is 304 g/mol. The maximum Gasteiger partial charge on any atom is 0.185 e. The van der Waals surface area contributed by atoms with E-state index in [-0.39, 0.29) is 19.2 Å². The van der Waals surface area contributed by atoms with Crippen LogP contribution in [0.15, 0.2) is 12.3 Å². The molecule has 0 unspecified atom stereocenters. The molecule has 0 radical (unpaired) electrons. The van der Waals surface area contributed by atoms with Crippen LogP contribution in [0.3, 0.4) is 0 Å². The summed E-state index contributed by atoms with van der Waals surface area (Å²) in [6.45, 7) is 0.267. The Hall–Kier alpha value is -2.16. The van der Waals surface area contributed by atoms with E-state index < -0.39 is 29.0 Å². The van der Waals surface area contributed by atoms with Crippen LogP contribution < -0.4 is 5.32 Å². The molecule has 0 aliphatic carbocycles. The van der Waals surface area contributed by atoms with Crippen molar-refractivity contribution in [1.82, 2.24) is 15.0 Å². The number of rotatable bonds is 6. The number of hydrogen-bond donors (Lipinski definition) is 2. The van der Waals surface area contributed by atoms with Gasteiger partial charge in [0.25, 0.3) is 0 Å². The van der Waals surface area contributed by atoms with Crippen molar-refractivity contribution in [1.29, 1.82) is 0 Å². The van der Waals surface area contributed by atoms with Crippen molar-refractivity contribution in [2.45, 2.75) is 19.5 Å². The van der Waals surface area contributed by atoms with Gasteiger partial charge in [-0.3, -0.25) is 4.68 Å². The van der Waals surface area contributed by atoms with E-state index in [1.54, 1.807) is 0 Å². The largest absolute Gasteiger partial charge is 0.396 e. The van der Waals surface area contributed by atoms with E-state index in [4.69, 9.17) is 5.11 Å². The maximum absolute atomic E-state index is 13.4. The highest BCUT2D eigenvalue weighted by atomic mass is 19.2. The number of aliphatic hydroxyl groups excluding tert-OH is 1. The third-order valence-electron chi connectivity index (χ3n) is 2.69. The molecule has 0 saturated carbocycles. The average molecular weight is 304 g/mol. The van der Waals surface area contributed by atoms with Gasteiger partial charge in [-0.05, 0) is 6.42 Å². The maximum atomic E-state index is 13.4. The van der Waals surface area contributed by atoms with Crippen LogP contribution in [0.1, 0.15) is 12.1 Å². The zero-order valence-electron chi connectivity index (χ0n) is 10.8. The van der Waals surface area contributed by atoms with Crippen LogP contribution in [0.5, 0.6) is 0 Å². The third kappa shape index (κ3) is 3.48. The van der Waals surface area contributed by atoms with Crippen LogP contribution in [0, 0.1) is 23.3 Å². The zero-order valence-corrected chi connectivity index (χ0v) is 10.8. The smallest absolute Gasteiger partial charge is 0.185 e. The van der Waals surface area contributed by atoms with Crippen molar-refractivity contribution < 1.29 is 22.7 Å². The Morgan fingerprint density at radius 1 is 1.14 bits per heavy atom. The second kappa shape index (κ2) is 6.53. The van der Waals surface area contributed by atoms with Crippen LogP contribution >= 0.6 is 0 Å². The molecule has 0 aliphatic rings. The summed E-state index contributed by atoms with van der Waals surface area (Å²) in [5.74, 6) is -5.96. The first kappa shape index (κ1) is 15.2. The molecule has 0 bridgehead atoms. The van der Waals surface area contributed by atoms with Gasteiger partial charge in [0, 0.05) is 19.2 Å². The predicted octanol–water partition coefficient (Wildman–Crippen LogP) is 1.83. The lowest BCUT2D eigenvalue weighted by Gasteiger charge is -2.08. The fourth-order valence-electron chi connectivity index (χ4n) is 1.67. The molecule has 1 aromatic carbocycles. The van der Waals surface area contributed by atoms with E-state index in [2.05, 4.69) is 15.6 Å². The molecule has 0 aliphatic heterocycles. The minimum atomic E-state index is -1.50. The van der Waals surface area contributed by atoms with Gasteiger partial charge in [-0.25, -0.2) is 17.6 Å². The number of aryl methyl sites for hydroxylation is 1. The number of nitrogens with one attached hydrogen (secondary N) is 1. The molecule has 2 aromatic rings. The van der Waals surface area contributed by atoms with Crippen LogP contribution in [-0.4, -0.2) is 26.7 Å². The Kier molecular flexibility index (Phi) is 4.73. The quantitative estimate of drug-likeness (QED) is 0.631. The molecule has 21 heavy (non-hydrogen) atoms. The van der Waals surface area contributed by atoms with Gasteiger partial charge in [0.15, 0.2) is 23.3 Å². The van der Waals surface area contributed by atoms with E-state index in [9.17, 15) is 17.6 Å². The van der Waals surface area contributed by atoms with E-state index in [0.717, 1.165) is 0 Å². The number of nitrogens with zero attached hydrogens (tertiary/aromatic N) is 3. The first-order valence-electron chi connectivity index (χ1n) is 6.09. The van der Waals surface area contributed by atoms with Crippen molar-refractivity contribution in [2.24, 2.45) is 0 Å². The predicted molar refractivity (Wildman–Crippen MR) is 65.3 cm³/mol. The van der Waals surface area contributed by atoms with Gasteiger partial charge >= 0.3 is 0 Å². The van der Waals surface area contributed by atoms with E-state index >= 15 is 0 Å². The number of halogens is 4. The highest BCUT2D eigenvalue weighted by molar-refractivity contribution is 5.47. The molecule has 114 valence electrons. The summed E-state index contributed by atoms with van der Waals surface area (Å²) >= 11 is 0. The van der Waals surface area contributed by atoms with E-state index in [1.165, 1.54) is 10.9 Å². The average Bonchev–Trinajstić information content (AvgIpc) is 2.91. The highest BCUT2D eigenvalue weighted by Crippen LogP contribution is 2.24. The Morgan fingerprint density at radius 2 is 1.81 bits per heavy atom. The summed E-state index contributed by atoms with van der Waals surface area (Å²) in [6, 6.07) is 0.140.